The summed E-state index contributed by atoms with van der Waals surface area (Å²) in [6.07, 6.45) is 2.09. The average molecular weight is 324 g/mol. The second-order valence-corrected chi connectivity index (χ2v) is 8.38. The Bertz CT molecular complexity index is 672. The molecule has 1 aliphatic heterocycles. The van der Waals surface area contributed by atoms with E-state index in [0.29, 0.717) is 12.8 Å². The van der Waals surface area contributed by atoms with E-state index in [1.807, 2.05) is 25.6 Å². The van der Waals surface area contributed by atoms with Crippen LogP contribution in [0.15, 0.2) is 0 Å². The van der Waals surface area contributed by atoms with Crippen LogP contribution in [-0.2, 0) is 16.4 Å². The summed E-state index contributed by atoms with van der Waals surface area (Å²) in [5, 5.41) is 13.2. The largest absolute Gasteiger partial charge is 0.302 e. The first-order valence-corrected chi connectivity index (χ1v) is 9.46. The van der Waals surface area contributed by atoms with E-state index in [1.165, 1.54) is 5.56 Å². The quantitative estimate of drug-likeness (QED) is 0.743. The molecule has 2 rings (SSSR count). The van der Waals surface area contributed by atoms with Crippen LogP contribution >= 0.6 is 0 Å². The molecular weight excluding hydrogens is 300 g/mol. The van der Waals surface area contributed by atoms with Crippen LogP contribution in [0.4, 0.5) is 0 Å². The van der Waals surface area contributed by atoms with E-state index in [-0.39, 0.29) is 17.5 Å². The number of rotatable bonds is 6. The van der Waals surface area contributed by atoms with Crippen LogP contribution in [-0.4, -0.2) is 48.2 Å². The molecule has 7 heteroatoms. The maximum atomic E-state index is 11.7. The second kappa shape index (κ2) is 6.80. The maximum Gasteiger partial charge on any atom is 0.152 e. The van der Waals surface area contributed by atoms with Gasteiger partial charge in [-0.15, -0.1) is 0 Å². The highest BCUT2D eigenvalue weighted by molar-refractivity contribution is 7.91. The lowest BCUT2D eigenvalue weighted by Crippen LogP contribution is -2.20. The number of nitrogens with zero attached hydrogens (tertiary/aromatic N) is 4. The summed E-state index contributed by atoms with van der Waals surface area (Å²) in [4.78, 5) is 2.18. The zero-order chi connectivity index (χ0) is 16.3. The molecule has 1 aromatic rings. The van der Waals surface area contributed by atoms with Gasteiger partial charge in [-0.05, 0) is 40.3 Å². The molecule has 1 fully saturated rings. The van der Waals surface area contributed by atoms with Crippen molar-refractivity contribution in [1.82, 2.24) is 14.7 Å². The van der Waals surface area contributed by atoms with Crippen LogP contribution in [0.2, 0.25) is 0 Å². The van der Waals surface area contributed by atoms with Crippen molar-refractivity contribution in [1.29, 1.82) is 5.26 Å². The SMILES string of the molecule is Cc1nn([C@H]2CCS(=O)(=O)C2)c(C)c1CN(C)CCCC#N. The predicted octanol–water partition coefficient (Wildman–Crippen LogP) is 1.60. The molecule has 6 nitrogen and oxygen atoms in total. The third-order valence-electron chi connectivity index (χ3n) is 4.29. The Balaban J connectivity index is 2.09. The molecule has 1 saturated heterocycles. The van der Waals surface area contributed by atoms with Gasteiger partial charge in [0.05, 0.1) is 29.3 Å². The van der Waals surface area contributed by atoms with E-state index in [9.17, 15) is 8.42 Å². The molecule has 0 aromatic carbocycles. The molecule has 1 aliphatic rings. The minimum atomic E-state index is -2.90. The Kier molecular flexibility index (Phi) is 5.24. The normalized spacial score (nSPS) is 20.4. The fourth-order valence-corrected chi connectivity index (χ4v) is 4.72. The lowest BCUT2D eigenvalue weighted by atomic mass is 10.1. The summed E-state index contributed by atoms with van der Waals surface area (Å²) in [5.74, 6) is 0.464. The Morgan fingerprint density at radius 1 is 1.45 bits per heavy atom. The Hall–Kier alpha value is -1.39. The predicted molar refractivity (Wildman–Crippen MR) is 85.2 cm³/mol. The topological polar surface area (TPSA) is 79.0 Å². The summed E-state index contributed by atoms with van der Waals surface area (Å²) in [5.41, 5.74) is 3.20. The lowest BCUT2D eigenvalue weighted by molar-refractivity contribution is 0.322. The molecule has 0 radical (unpaired) electrons. The van der Waals surface area contributed by atoms with Crippen LogP contribution in [0.3, 0.4) is 0 Å². The number of hydrogen-bond donors (Lipinski definition) is 0. The minimum absolute atomic E-state index is 0.0265. The van der Waals surface area contributed by atoms with E-state index >= 15 is 0 Å². The van der Waals surface area contributed by atoms with Crippen LogP contribution in [0, 0.1) is 25.2 Å². The molecule has 1 atom stereocenters. The van der Waals surface area contributed by atoms with Gasteiger partial charge in [0.1, 0.15) is 0 Å². The monoisotopic (exact) mass is 324 g/mol. The minimum Gasteiger partial charge on any atom is -0.302 e. The van der Waals surface area contributed by atoms with E-state index in [4.69, 9.17) is 5.26 Å². The number of nitriles is 1. The third-order valence-corrected chi connectivity index (χ3v) is 6.04. The van der Waals surface area contributed by atoms with E-state index in [0.717, 1.165) is 30.9 Å². The molecular formula is C15H24N4O2S. The number of sulfone groups is 1. The lowest BCUT2D eigenvalue weighted by Gasteiger charge is -2.17. The number of hydrogen-bond acceptors (Lipinski definition) is 5. The molecule has 0 aliphatic carbocycles. The fraction of sp³-hybridized carbons (Fsp3) is 0.733. The van der Waals surface area contributed by atoms with Crippen LogP contribution in [0.5, 0.6) is 0 Å². The van der Waals surface area contributed by atoms with Gasteiger partial charge in [0.2, 0.25) is 0 Å². The molecule has 0 saturated carbocycles. The van der Waals surface area contributed by atoms with E-state index in [1.54, 1.807) is 0 Å². The number of unbranched alkanes of at least 4 members (excludes halogenated alkanes) is 1. The van der Waals surface area contributed by atoms with Crippen molar-refractivity contribution in [2.45, 2.75) is 45.7 Å². The van der Waals surface area contributed by atoms with Gasteiger partial charge < -0.3 is 4.90 Å². The highest BCUT2D eigenvalue weighted by Crippen LogP contribution is 2.27. The molecule has 0 spiro atoms. The van der Waals surface area contributed by atoms with Gasteiger partial charge >= 0.3 is 0 Å². The van der Waals surface area contributed by atoms with Crippen LogP contribution in [0.25, 0.3) is 0 Å². The van der Waals surface area contributed by atoms with Crippen molar-refractivity contribution in [3.63, 3.8) is 0 Å². The van der Waals surface area contributed by atoms with Crippen molar-refractivity contribution >= 4 is 9.84 Å². The van der Waals surface area contributed by atoms with Gasteiger partial charge in [0.25, 0.3) is 0 Å². The van der Waals surface area contributed by atoms with Crippen LogP contribution < -0.4 is 0 Å². The number of aromatic nitrogens is 2. The molecule has 2 heterocycles. The summed E-state index contributed by atoms with van der Waals surface area (Å²) < 4.78 is 25.2. The average Bonchev–Trinajstić information content (AvgIpc) is 2.93. The first kappa shape index (κ1) is 17.0. The Morgan fingerprint density at radius 2 is 2.18 bits per heavy atom. The van der Waals surface area contributed by atoms with Crippen LogP contribution in [0.1, 0.15) is 42.3 Å². The van der Waals surface area contributed by atoms with Gasteiger partial charge in [0.15, 0.2) is 9.84 Å². The Labute approximate surface area is 132 Å². The fourth-order valence-electron chi connectivity index (χ4n) is 3.03. The van der Waals surface area contributed by atoms with Gasteiger partial charge in [-0.25, -0.2) is 8.42 Å². The molecule has 1 aromatic heterocycles. The van der Waals surface area contributed by atoms with E-state index < -0.39 is 9.84 Å². The molecule has 22 heavy (non-hydrogen) atoms. The summed E-state index contributed by atoms with van der Waals surface area (Å²) in [6, 6.07) is 2.13. The Morgan fingerprint density at radius 3 is 2.77 bits per heavy atom. The second-order valence-electron chi connectivity index (χ2n) is 6.15. The smallest absolute Gasteiger partial charge is 0.152 e. The standard InChI is InChI=1S/C15H24N4O2S/c1-12-15(10-18(3)8-5-4-7-16)13(2)19(17-12)14-6-9-22(20,21)11-14/h14H,4-6,8-11H2,1-3H3/t14-/m0/s1. The molecule has 0 unspecified atom stereocenters. The first-order chi connectivity index (χ1) is 10.3. The zero-order valence-electron chi connectivity index (χ0n) is 13.5. The number of aryl methyl sites for hydroxylation is 1. The maximum absolute atomic E-state index is 11.7. The van der Waals surface area contributed by atoms with E-state index in [2.05, 4.69) is 16.1 Å². The van der Waals surface area contributed by atoms with Gasteiger partial charge in [-0.3, -0.25) is 4.68 Å². The van der Waals surface area contributed by atoms with Crippen molar-refractivity contribution in [3.8, 4) is 6.07 Å². The molecule has 122 valence electrons. The van der Waals surface area contributed by atoms with Crippen molar-refractivity contribution < 1.29 is 8.42 Å². The highest BCUT2D eigenvalue weighted by Gasteiger charge is 2.31. The highest BCUT2D eigenvalue weighted by atomic mass is 32.2. The van der Waals surface area contributed by atoms with Crippen molar-refractivity contribution in [2.24, 2.45) is 0 Å². The van der Waals surface area contributed by atoms with Crippen molar-refractivity contribution in [3.05, 3.63) is 17.0 Å². The summed E-state index contributed by atoms with van der Waals surface area (Å²) in [6.45, 7) is 5.65. The van der Waals surface area contributed by atoms with Crippen molar-refractivity contribution in [2.75, 3.05) is 25.1 Å². The summed E-state index contributed by atoms with van der Waals surface area (Å²) >= 11 is 0. The first-order valence-electron chi connectivity index (χ1n) is 7.64. The summed E-state index contributed by atoms with van der Waals surface area (Å²) in [7, 11) is -0.868. The molecule has 0 N–H and O–H groups in total. The zero-order valence-corrected chi connectivity index (χ0v) is 14.4. The molecule has 0 amide bonds. The van der Waals surface area contributed by atoms with Gasteiger partial charge in [0, 0.05) is 24.2 Å². The third kappa shape index (κ3) is 3.87. The van der Waals surface area contributed by atoms with Gasteiger partial charge in [-0.1, -0.05) is 0 Å². The molecule has 0 bridgehead atoms. The van der Waals surface area contributed by atoms with Gasteiger partial charge in [-0.2, -0.15) is 10.4 Å².